The van der Waals surface area contributed by atoms with E-state index in [1.54, 1.807) is 6.07 Å². The molecule has 0 radical (unpaired) electrons. The summed E-state index contributed by atoms with van der Waals surface area (Å²) in [4.78, 5) is 37.8. The van der Waals surface area contributed by atoms with E-state index in [9.17, 15) is 14.4 Å². The van der Waals surface area contributed by atoms with E-state index >= 15 is 0 Å². The molecule has 4 amide bonds. The van der Waals surface area contributed by atoms with Gasteiger partial charge in [0.2, 0.25) is 0 Å². The van der Waals surface area contributed by atoms with Gasteiger partial charge in [-0.2, -0.15) is 0 Å². The Bertz CT molecular complexity index is 493. The number of nitrogens with zero attached hydrogens (tertiary/aromatic N) is 2. The molecule has 6 heteroatoms. The molecule has 0 spiro atoms. The summed E-state index contributed by atoms with van der Waals surface area (Å²) in [6, 6.07) is 3.02. The molecule has 17 heavy (non-hydrogen) atoms. The van der Waals surface area contributed by atoms with Gasteiger partial charge in [0.15, 0.2) is 0 Å². The summed E-state index contributed by atoms with van der Waals surface area (Å²) in [7, 11) is 2.71. The third-order valence-corrected chi connectivity index (χ3v) is 3.29. The molecule has 1 aromatic rings. The van der Waals surface area contributed by atoms with Crippen molar-refractivity contribution in [1.29, 1.82) is 0 Å². The largest absolute Gasteiger partial charge is 0.333 e. The van der Waals surface area contributed by atoms with E-state index in [1.165, 1.54) is 31.5 Å². The summed E-state index contributed by atoms with van der Waals surface area (Å²) in [5.41, 5.74) is 0.0112. The summed E-state index contributed by atoms with van der Waals surface area (Å²) in [5.74, 6) is -1.13. The van der Waals surface area contributed by atoms with Gasteiger partial charge in [-0.25, -0.2) is 4.79 Å². The maximum atomic E-state index is 11.8. The predicted molar refractivity (Wildman–Crippen MR) is 63.2 cm³/mol. The van der Waals surface area contributed by atoms with E-state index < -0.39 is 17.8 Å². The Kier molecular flexibility index (Phi) is 2.81. The summed E-state index contributed by atoms with van der Waals surface area (Å²) < 4.78 is 0. The molecule has 1 aliphatic rings. The van der Waals surface area contributed by atoms with E-state index in [0.717, 1.165) is 14.7 Å². The SMILES string of the molecule is CN1C(=O)C(=Cc2cccs2)C(=O)N(C)C1=O. The number of rotatable bonds is 1. The van der Waals surface area contributed by atoms with Gasteiger partial charge in [-0.1, -0.05) is 6.07 Å². The van der Waals surface area contributed by atoms with Crippen LogP contribution in [0.3, 0.4) is 0 Å². The quantitative estimate of drug-likeness (QED) is 0.555. The van der Waals surface area contributed by atoms with Crippen molar-refractivity contribution in [3.05, 3.63) is 28.0 Å². The van der Waals surface area contributed by atoms with Gasteiger partial charge in [0.25, 0.3) is 11.8 Å². The van der Waals surface area contributed by atoms with Crippen molar-refractivity contribution in [2.45, 2.75) is 0 Å². The molecular formula is C11H10N2O3S. The van der Waals surface area contributed by atoms with Gasteiger partial charge in [0.05, 0.1) is 0 Å². The maximum absolute atomic E-state index is 11.8. The molecule has 0 unspecified atom stereocenters. The minimum atomic E-state index is -0.608. The molecule has 0 atom stereocenters. The fourth-order valence-corrected chi connectivity index (χ4v) is 2.15. The molecule has 0 bridgehead atoms. The van der Waals surface area contributed by atoms with Crippen molar-refractivity contribution in [2.75, 3.05) is 14.1 Å². The van der Waals surface area contributed by atoms with Crippen LogP contribution in [0, 0.1) is 0 Å². The van der Waals surface area contributed by atoms with Gasteiger partial charge >= 0.3 is 6.03 Å². The highest BCUT2D eigenvalue weighted by Crippen LogP contribution is 2.19. The van der Waals surface area contributed by atoms with Gasteiger partial charge in [0.1, 0.15) is 5.57 Å². The van der Waals surface area contributed by atoms with Crippen LogP contribution < -0.4 is 0 Å². The highest BCUT2D eigenvalue weighted by molar-refractivity contribution is 7.10. The Morgan fingerprint density at radius 3 is 2.18 bits per heavy atom. The van der Waals surface area contributed by atoms with Crippen LogP contribution in [-0.2, 0) is 9.59 Å². The molecule has 5 nitrogen and oxygen atoms in total. The summed E-state index contributed by atoms with van der Waals surface area (Å²) in [6.45, 7) is 0. The summed E-state index contributed by atoms with van der Waals surface area (Å²) in [6.07, 6.45) is 1.51. The van der Waals surface area contributed by atoms with Crippen molar-refractivity contribution in [3.8, 4) is 0 Å². The first-order valence-electron chi connectivity index (χ1n) is 4.87. The van der Waals surface area contributed by atoms with Crippen LogP contribution in [0.5, 0.6) is 0 Å². The van der Waals surface area contributed by atoms with Crippen LogP contribution in [0.1, 0.15) is 4.88 Å². The first-order chi connectivity index (χ1) is 8.02. The summed E-state index contributed by atoms with van der Waals surface area (Å²) >= 11 is 1.42. The fourth-order valence-electron chi connectivity index (χ4n) is 1.49. The van der Waals surface area contributed by atoms with Crippen molar-refractivity contribution in [1.82, 2.24) is 9.80 Å². The fraction of sp³-hybridized carbons (Fsp3) is 0.182. The predicted octanol–water partition coefficient (Wildman–Crippen LogP) is 1.18. The molecule has 0 aliphatic carbocycles. The number of urea groups is 1. The Morgan fingerprint density at radius 1 is 1.12 bits per heavy atom. The minimum Gasteiger partial charge on any atom is -0.268 e. The first-order valence-corrected chi connectivity index (χ1v) is 5.75. The van der Waals surface area contributed by atoms with Crippen LogP contribution in [0.4, 0.5) is 4.79 Å². The van der Waals surface area contributed by atoms with Crippen LogP contribution in [0.15, 0.2) is 23.1 Å². The zero-order valence-corrected chi connectivity index (χ0v) is 10.2. The number of carbonyl (C=O) groups excluding carboxylic acids is 3. The number of barbiturate groups is 1. The van der Waals surface area contributed by atoms with Gasteiger partial charge in [0, 0.05) is 19.0 Å². The standard InChI is InChI=1S/C11H10N2O3S/c1-12-9(14)8(6-7-4-3-5-17-7)10(15)13(2)11(12)16/h3-6H,1-2H3. The minimum absolute atomic E-state index is 0.0112. The van der Waals surface area contributed by atoms with Crippen LogP contribution >= 0.6 is 11.3 Å². The lowest BCUT2D eigenvalue weighted by Gasteiger charge is -2.28. The molecule has 1 fully saturated rings. The summed E-state index contributed by atoms with van der Waals surface area (Å²) in [5, 5.41) is 1.85. The van der Waals surface area contributed by atoms with Crippen molar-refractivity contribution >= 4 is 35.3 Å². The average Bonchev–Trinajstić information content (AvgIpc) is 2.82. The lowest BCUT2D eigenvalue weighted by Crippen LogP contribution is -2.52. The number of likely N-dealkylation sites (N-methyl/N-ethyl adjacent to an activating group) is 2. The lowest BCUT2D eigenvalue weighted by atomic mass is 10.1. The Labute approximate surface area is 102 Å². The van der Waals surface area contributed by atoms with Gasteiger partial charge < -0.3 is 0 Å². The molecule has 88 valence electrons. The number of carbonyl (C=O) groups is 3. The van der Waals surface area contributed by atoms with Gasteiger partial charge in [-0.15, -0.1) is 11.3 Å². The van der Waals surface area contributed by atoms with E-state index in [0.29, 0.717) is 0 Å². The monoisotopic (exact) mass is 250 g/mol. The van der Waals surface area contributed by atoms with E-state index in [1.807, 2.05) is 11.4 Å². The molecule has 1 aliphatic heterocycles. The highest BCUT2D eigenvalue weighted by Gasteiger charge is 2.37. The molecule has 2 heterocycles. The number of hydrogen-bond acceptors (Lipinski definition) is 4. The van der Waals surface area contributed by atoms with Crippen molar-refractivity contribution in [2.24, 2.45) is 0 Å². The second-order valence-corrected chi connectivity index (χ2v) is 4.56. The topological polar surface area (TPSA) is 57.7 Å². The highest BCUT2D eigenvalue weighted by atomic mass is 32.1. The third-order valence-electron chi connectivity index (χ3n) is 2.47. The average molecular weight is 250 g/mol. The molecular weight excluding hydrogens is 240 g/mol. The second kappa shape index (κ2) is 4.14. The van der Waals surface area contributed by atoms with Crippen LogP contribution in [0.25, 0.3) is 6.08 Å². The molecule has 0 N–H and O–H groups in total. The maximum Gasteiger partial charge on any atom is 0.333 e. The van der Waals surface area contributed by atoms with Crippen molar-refractivity contribution in [3.63, 3.8) is 0 Å². The Morgan fingerprint density at radius 2 is 1.71 bits per heavy atom. The molecule has 2 rings (SSSR count). The van der Waals surface area contributed by atoms with E-state index in [-0.39, 0.29) is 5.57 Å². The van der Waals surface area contributed by atoms with Gasteiger partial charge in [-0.3, -0.25) is 19.4 Å². The van der Waals surface area contributed by atoms with E-state index in [4.69, 9.17) is 0 Å². The number of thiophene rings is 1. The van der Waals surface area contributed by atoms with Crippen LogP contribution in [0.2, 0.25) is 0 Å². The molecule has 1 aromatic heterocycles. The Balaban J connectivity index is 2.43. The number of hydrogen-bond donors (Lipinski definition) is 0. The van der Waals surface area contributed by atoms with E-state index in [2.05, 4.69) is 0 Å². The zero-order valence-electron chi connectivity index (χ0n) is 9.34. The number of imide groups is 2. The number of amides is 4. The second-order valence-electron chi connectivity index (χ2n) is 3.58. The normalized spacial score (nSPS) is 16.8. The smallest absolute Gasteiger partial charge is 0.268 e. The van der Waals surface area contributed by atoms with Crippen LogP contribution in [-0.4, -0.2) is 41.7 Å². The van der Waals surface area contributed by atoms with Crippen molar-refractivity contribution < 1.29 is 14.4 Å². The zero-order chi connectivity index (χ0) is 12.6. The lowest BCUT2D eigenvalue weighted by molar-refractivity contribution is -0.134. The Hall–Kier alpha value is -1.95. The molecule has 1 saturated heterocycles. The first kappa shape index (κ1) is 11.5. The molecule has 0 saturated carbocycles. The van der Waals surface area contributed by atoms with Gasteiger partial charge in [-0.05, 0) is 17.5 Å². The molecule has 0 aromatic carbocycles. The third kappa shape index (κ3) is 1.87.